The molecule has 0 spiro atoms. The zero-order valence-electron chi connectivity index (χ0n) is 11.7. The van der Waals surface area contributed by atoms with Crippen molar-refractivity contribution >= 4 is 23.4 Å². The van der Waals surface area contributed by atoms with E-state index < -0.39 is 5.41 Å². The minimum atomic E-state index is -0.700. The third-order valence-corrected chi connectivity index (χ3v) is 4.27. The van der Waals surface area contributed by atoms with Crippen molar-refractivity contribution in [3.05, 3.63) is 34.9 Å². The van der Waals surface area contributed by atoms with Crippen molar-refractivity contribution in [2.24, 2.45) is 11.1 Å². The molecule has 6 heteroatoms. The number of carbonyl (C=O) groups is 2. The monoisotopic (exact) mass is 310 g/mol. The fourth-order valence-electron chi connectivity index (χ4n) is 2.42. The third-order valence-electron chi connectivity index (χ3n) is 3.91. The molecule has 1 saturated heterocycles. The minimum Gasteiger partial charge on any atom is -0.381 e. The van der Waals surface area contributed by atoms with Gasteiger partial charge in [-0.05, 0) is 24.5 Å². The molecular formula is C15H19ClN2O3. The second-order valence-corrected chi connectivity index (χ2v) is 5.71. The second kappa shape index (κ2) is 6.91. The summed E-state index contributed by atoms with van der Waals surface area (Å²) < 4.78 is 5.26. The van der Waals surface area contributed by atoms with Gasteiger partial charge in [0.25, 0.3) is 0 Å². The number of benzene rings is 1. The summed E-state index contributed by atoms with van der Waals surface area (Å²) in [5.41, 5.74) is 5.56. The van der Waals surface area contributed by atoms with Gasteiger partial charge in [0.05, 0.1) is 11.8 Å². The van der Waals surface area contributed by atoms with E-state index in [2.05, 4.69) is 5.32 Å². The van der Waals surface area contributed by atoms with E-state index in [0.29, 0.717) is 31.1 Å². The number of amides is 2. The Morgan fingerprint density at radius 2 is 1.95 bits per heavy atom. The largest absolute Gasteiger partial charge is 0.381 e. The molecule has 21 heavy (non-hydrogen) atoms. The number of rotatable bonds is 5. The van der Waals surface area contributed by atoms with Gasteiger partial charge >= 0.3 is 0 Å². The van der Waals surface area contributed by atoms with Gasteiger partial charge in [-0.15, -0.1) is 0 Å². The Labute approximate surface area is 128 Å². The second-order valence-electron chi connectivity index (χ2n) is 5.30. The molecule has 1 aliphatic rings. The van der Waals surface area contributed by atoms with Crippen LogP contribution in [-0.4, -0.2) is 31.6 Å². The molecule has 1 aromatic rings. The van der Waals surface area contributed by atoms with Crippen LogP contribution in [0.3, 0.4) is 0 Å². The SMILES string of the molecule is NC(=O)C1(CNC(=O)Cc2ccccc2Cl)CCOCC1. The van der Waals surface area contributed by atoms with Gasteiger partial charge < -0.3 is 15.8 Å². The molecule has 114 valence electrons. The molecule has 0 radical (unpaired) electrons. The summed E-state index contributed by atoms with van der Waals surface area (Å²) >= 11 is 6.02. The molecule has 0 unspecified atom stereocenters. The number of hydrogen-bond donors (Lipinski definition) is 2. The van der Waals surface area contributed by atoms with Crippen molar-refractivity contribution in [1.29, 1.82) is 0 Å². The van der Waals surface area contributed by atoms with Crippen LogP contribution in [0.25, 0.3) is 0 Å². The van der Waals surface area contributed by atoms with Gasteiger partial charge in [-0.1, -0.05) is 29.8 Å². The van der Waals surface area contributed by atoms with E-state index in [4.69, 9.17) is 22.1 Å². The van der Waals surface area contributed by atoms with Gasteiger partial charge in [-0.25, -0.2) is 0 Å². The van der Waals surface area contributed by atoms with Gasteiger partial charge in [-0.2, -0.15) is 0 Å². The van der Waals surface area contributed by atoms with Crippen LogP contribution in [0.1, 0.15) is 18.4 Å². The zero-order valence-corrected chi connectivity index (χ0v) is 12.5. The van der Waals surface area contributed by atoms with E-state index in [1.54, 1.807) is 12.1 Å². The van der Waals surface area contributed by atoms with Crippen molar-refractivity contribution in [1.82, 2.24) is 5.32 Å². The van der Waals surface area contributed by atoms with Crippen LogP contribution in [0, 0.1) is 5.41 Å². The number of ether oxygens (including phenoxy) is 1. The standard InChI is InChI=1S/C15H19ClN2O3/c16-12-4-2-1-3-11(12)9-13(19)18-10-15(14(17)20)5-7-21-8-6-15/h1-4H,5-10H2,(H2,17,20)(H,18,19). The highest BCUT2D eigenvalue weighted by molar-refractivity contribution is 6.31. The summed E-state index contributed by atoms with van der Waals surface area (Å²) in [4.78, 5) is 23.7. The molecule has 1 fully saturated rings. The minimum absolute atomic E-state index is 0.171. The van der Waals surface area contributed by atoms with E-state index in [-0.39, 0.29) is 24.8 Å². The molecular weight excluding hydrogens is 292 g/mol. The van der Waals surface area contributed by atoms with Gasteiger partial charge in [0.2, 0.25) is 11.8 Å². The van der Waals surface area contributed by atoms with E-state index >= 15 is 0 Å². The molecule has 0 aromatic heterocycles. The predicted molar refractivity (Wildman–Crippen MR) is 79.8 cm³/mol. The molecule has 0 atom stereocenters. The maximum absolute atomic E-state index is 12.0. The first kappa shape index (κ1) is 15.8. The topological polar surface area (TPSA) is 81.4 Å². The number of halogens is 1. The maximum Gasteiger partial charge on any atom is 0.225 e. The lowest BCUT2D eigenvalue weighted by Gasteiger charge is -2.34. The van der Waals surface area contributed by atoms with E-state index in [1.807, 2.05) is 12.1 Å². The van der Waals surface area contributed by atoms with Crippen LogP contribution in [0.5, 0.6) is 0 Å². The predicted octanol–water partition coefficient (Wildman–Crippen LogP) is 1.28. The van der Waals surface area contributed by atoms with Gasteiger partial charge in [0, 0.05) is 24.8 Å². The summed E-state index contributed by atoms with van der Waals surface area (Å²) in [7, 11) is 0. The Morgan fingerprint density at radius 1 is 1.29 bits per heavy atom. The lowest BCUT2D eigenvalue weighted by molar-refractivity contribution is -0.133. The van der Waals surface area contributed by atoms with Crippen LogP contribution >= 0.6 is 11.6 Å². The molecule has 2 rings (SSSR count). The Hall–Kier alpha value is -1.59. The summed E-state index contributed by atoms with van der Waals surface area (Å²) in [6.45, 7) is 1.22. The highest BCUT2D eigenvalue weighted by Crippen LogP contribution is 2.29. The van der Waals surface area contributed by atoms with Crippen molar-refractivity contribution in [3.63, 3.8) is 0 Å². The number of primary amides is 1. The number of carbonyl (C=O) groups excluding carboxylic acids is 2. The fourth-order valence-corrected chi connectivity index (χ4v) is 2.62. The van der Waals surface area contributed by atoms with Crippen molar-refractivity contribution < 1.29 is 14.3 Å². The fraction of sp³-hybridized carbons (Fsp3) is 0.467. The Balaban J connectivity index is 1.93. The molecule has 0 aliphatic carbocycles. The molecule has 1 aromatic carbocycles. The molecule has 1 heterocycles. The number of nitrogens with one attached hydrogen (secondary N) is 1. The number of nitrogens with two attached hydrogens (primary N) is 1. The zero-order chi connectivity index (χ0) is 15.3. The lowest BCUT2D eigenvalue weighted by atomic mass is 9.79. The number of hydrogen-bond acceptors (Lipinski definition) is 3. The van der Waals surface area contributed by atoms with Crippen LogP contribution in [-0.2, 0) is 20.7 Å². The summed E-state index contributed by atoms with van der Waals surface area (Å²) in [6, 6.07) is 7.19. The van der Waals surface area contributed by atoms with Gasteiger partial charge in [0.15, 0.2) is 0 Å². The van der Waals surface area contributed by atoms with Crippen LogP contribution in [0.4, 0.5) is 0 Å². The van der Waals surface area contributed by atoms with Crippen molar-refractivity contribution in [2.75, 3.05) is 19.8 Å². The Morgan fingerprint density at radius 3 is 2.57 bits per heavy atom. The van der Waals surface area contributed by atoms with Crippen molar-refractivity contribution in [3.8, 4) is 0 Å². The first-order valence-electron chi connectivity index (χ1n) is 6.91. The van der Waals surface area contributed by atoms with Gasteiger partial charge in [-0.3, -0.25) is 9.59 Å². The highest BCUT2D eigenvalue weighted by Gasteiger charge is 2.38. The molecule has 3 N–H and O–H groups in total. The van der Waals surface area contributed by atoms with Crippen LogP contribution in [0.15, 0.2) is 24.3 Å². The third kappa shape index (κ3) is 3.95. The maximum atomic E-state index is 12.0. The van der Waals surface area contributed by atoms with E-state index in [0.717, 1.165) is 5.56 Å². The molecule has 5 nitrogen and oxygen atoms in total. The average molecular weight is 311 g/mol. The highest BCUT2D eigenvalue weighted by atomic mass is 35.5. The quantitative estimate of drug-likeness (QED) is 0.859. The van der Waals surface area contributed by atoms with Crippen LogP contribution in [0.2, 0.25) is 5.02 Å². The summed E-state index contributed by atoms with van der Waals surface area (Å²) in [5, 5.41) is 3.35. The molecule has 0 saturated carbocycles. The van der Waals surface area contributed by atoms with Crippen LogP contribution < -0.4 is 11.1 Å². The summed E-state index contributed by atoms with van der Waals surface area (Å²) in [5.74, 6) is -0.556. The Kier molecular flexibility index (Phi) is 5.20. The van der Waals surface area contributed by atoms with E-state index in [9.17, 15) is 9.59 Å². The summed E-state index contributed by atoms with van der Waals surface area (Å²) in [6.07, 6.45) is 1.26. The first-order valence-corrected chi connectivity index (χ1v) is 7.29. The average Bonchev–Trinajstić information content (AvgIpc) is 2.48. The van der Waals surface area contributed by atoms with Gasteiger partial charge in [0.1, 0.15) is 0 Å². The smallest absolute Gasteiger partial charge is 0.225 e. The lowest BCUT2D eigenvalue weighted by Crippen LogP contribution is -2.49. The first-order chi connectivity index (χ1) is 10.0. The van der Waals surface area contributed by atoms with E-state index in [1.165, 1.54) is 0 Å². The molecule has 0 bridgehead atoms. The normalized spacial score (nSPS) is 17.2. The molecule has 1 aliphatic heterocycles. The Bertz CT molecular complexity index is 527. The molecule has 2 amide bonds. The van der Waals surface area contributed by atoms with Crippen molar-refractivity contribution in [2.45, 2.75) is 19.3 Å².